The summed E-state index contributed by atoms with van der Waals surface area (Å²) in [7, 11) is 5.77. The number of hydrogen-bond acceptors (Lipinski definition) is 4. The Labute approximate surface area is 207 Å². The Morgan fingerprint density at radius 1 is 0.758 bits per heavy atom. The molecule has 33 heavy (non-hydrogen) atoms. The minimum atomic E-state index is -0.559. The van der Waals surface area contributed by atoms with E-state index in [-0.39, 0.29) is 5.78 Å². The van der Waals surface area contributed by atoms with Gasteiger partial charge in [-0.05, 0) is 70.1 Å². The van der Waals surface area contributed by atoms with Gasteiger partial charge in [0.1, 0.15) is 11.1 Å². The lowest BCUT2D eigenvalue weighted by molar-refractivity contribution is -0.133. The molecule has 1 N–H and O–H groups in total. The second-order valence-electron chi connectivity index (χ2n) is 9.13. The first kappa shape index (κ1) is 25.9. The van der Waals surface area contributed by atoms with Crippen molar-refractivity contribution >= 4 is 34.8 Å². The predicted octanol–water partition coefficient (Wildman–Crippen LogP) is 6.14. The molecule has 2 fully saturated rings. The summed E-state index contributed by atoms with van der Waals surface area (Å²) in [6.45, 7) is 0. The van der Waals surface area contributed by atoms with Crippen LogP contribution in [0.1, 0.15) is 62.5 Å². The van der Waals surface area contributed by atoms with Crippen molar-refractivity contribution in [3.63, 3.8) is 0 Å². The highest BCUT2D eigenvalue weighted by Crippen LogP contribution is 2.41. The Bertz CT molecular complexity index is 994. The molecule has 2 atom stereocenters. The molecule has 4 nitrogen and oxygen atoms in total. The number of nitrogens with zero attached hydrogens (tertiary/aromatic N) is 1. The topological polar surface area (TPSA) is 49.4 Å². The summed E-state index contributed by atoms with van der Waals surface area (Å²) in [5.74, 6) is 0.552. The minimum absolute atomic E-state index is 0.259. The Kier molecular flexibility index (Phi) is 8.74. The van der Waals surface area contributed by atoms with E-state index in [1.54, 1.807) is 0 Å². The predicted molar refractivity (Wildman–Crippen MR) is 136 cm³/mol. The van der Waals surface area contributed by atoms with Crippen molar-refractivity contribution in [1.29, 1.82) is 0 Å². The van der Waals surface area contributed by atoms with Gasteiger partial charge in [0.05, 0.1) is 0 Å². The van der Waals surface area contributed by atoms with Gasteiger partial charge in [-0.3, -0.25) is 14.5 Å². The van der Waals surface area contributed by atoms with Crippen LogP contribution in [0, 0.1) is 0 Å². The molecule has 2 aromatic carbocycles. The van der Waals surface area contributed by atoms with Crippen molar-refractivity contribution in [2.75, 3.05) is 21.1 Å². The van der Waals surface area contributed by atoms with Crippen molar-refractivity contribution in [3.8, 4) is 0 Å². The quantitative estimate of drug-likeness (QED) is 0.561. The molecule has 0 heterocycles. The monoisotopic (exact) mass is 488 g/mol. The molecule has 0 radical (unpaired) electrons. The van der Waals surface area contributed by atoms with Crippen LogP contribution < -0.4 is 5.32 Å². The molecule has 4 rings (SSSR count). The first-order valence-corrected chi connectivity index (χ1v) is 12.5. The summed E-state index contributed by atoms with van der Waals surface area (Å²) in [4.78, 5) is 26.6. The number of ketones is 2. The number of nitrogens with one attached hydrogen (secondary N) is 1. The van der Waals surface area contributed by atoms with Gasteiger partial charge in [0.2, 0.25) is 0 Å². The molecule has 2 aromatic rings. The number of carbonyl (C=O) groups excluding carboxylic acids is 2. The van der Waals surface area contributed by atoms with Crippen molar-refractivity contribution in [1.82, 2.24) is 10.2 Å². The summed E-state index contributed by atoms with van der Waals surface area (Å²) in [5, 5.41) is 4.55. The average molecular weight is 489 g/mol. The maximum Gasteiger partial charge on any atom is 0.157 e. The van der Waals surface area contributed by atoms with Crippen LogP contribution in [0.2, 0.25) is 10.0 Å². The van der Waals surface area contributed by atoms with Gasteiger partial charge in [-0.2, -0.15) is 0 Å². The molecule has 6 heteroatoms. The third-order valence-electron chi connectivity index (χ3n) is 7.18. The van der Waals surface area contributed by atoms with Crippen LogP contribution in [0.25, 0.3) is 0 Å². The van der Waals surface area contributed by atoms with Crippen LogP contribution in [-0.4, -0.2) is 37.6 Å². The fraction of sp³-hybridized carbons (Fsp3) is 0.481. The molecular formula is C27H34Cl2N2O2. The molecule has 0 saturated heterocycles. The SMILES string of the molecule is CN(C)C1(c2ccccc2Cl)CCCCC1=O.CNC1(c2ccccc2Cl)CCCCC1=O. The van der Waals surface area contributed by atoms with Crippen LogP contribution >= 0.6 is 23.2 Å². The average Bonchev–Trinajstić information content (AvgIpc) is 2.81. The van der Waals surface area contributed by atoms with Crippen molar-refractivity contribution in [2.45, 2.75) is 62.4 Å². The molecule has 0 bridgehead atoms. The molecule has 178 valence electrons. The van der Waals surface area contributed by atoms with E-state index in [2.05, 4.69) is 5.32 Å². The van der Waals surface area contributed by atoms with Gasteiger partial charge < -0.3 is 5.32 Å². The highest BCUT2D eigenvalue weighted by Gasteiger charge is 2.44. The standard InChI is InChI=1S/C14H18ClNO.C13H16ClNO/c1-16(2)14(10-6-5-9-13(14)17)11-7-3-4-8-12(11)15;1-15-13(9-5-4-8-12(13)16)10-6-2-3-7-11(10)14/h3-4,7-8H,5-6,9-10H2,1-2H3;2-3,6-7,15H,4-5,8-9H2,1H3. The summed E-state index contributed by atoms with van der Waals surface area (Å²) >= 11 is 12.5. The van der Waals surface area contributed by atoms with E-state index in [1.807, 2.05) is 74.6 Å². The largest absolute Gasteiger partial charge is 0.304 e. The molecule has 2 aliphatic carbocycles. The Morgan fingerprint density at radius 3 is 1.76 bits per heavy atom. The van der Waals surface area contributed by atoms with E-state index in [0.717, 1.165) is 49.7 Å². The van der Waals surface area contributed by atoms with Crippen LogP contribution in [0.15, 0.2) is 48.5 Å². The molecule has 2 saturated carbocycles. The lowest BCUT2D eigenvalue weighted by Gasteiger charge is -2.42. The maximum absolute atomic E-state index is 12.4. The number of benzene rings is 2. The zero-order valence-corrected chi connectivity index (χ0v) is 21.3. The number of likely N-dealkylation sites (N-methyl/N-ethyl adjacent to an activating group) is 2. The van der Waals surface area contributed by atoms with Gasteiger partial charge in [-0.25, -0.2) is 0 Å². The second-order valence-corrected chi connectivity index (χ2v) is 9.94. The third-order valence-corrected chi connectivity index (χ3v) is 7.84. The summed E-state index contributed by atoms with van der Waals surface area (Å²) in [6, 6.07) is 15.3. The van der Waals surface area contributed by atoms with E-state index in [9.17, 15) is 9.59 Å². The lowest BCUT2D eigenvalue weighted by atomic mass is 9.74. The first-order valence-electron chi connectivity index (χ1n) is 11.7. The fourth-order valence-electron chi connectivity index (χ4n) is 5.33. The van der Waals surface area contributed by atoms with Crippen LogP contribution in [0.3, 0.4) is 0 Å². The third kappa shape index (κ3) is 5.05. The Balaban J connectivity index is 0.000000186. The van der Waals surface area contributed by atoms with Gasteiger partial charge in [-0.15, -0.1) is 0 Å². The van der Waals surface area contributed by atoms with Gasteiger partial charge in [0, 0.05) is 22.9 Å². The summed E-state index contributed by atoms with van der Waals surface area (Å²) in [6.07, 6.45) is 7.14. The van der Waals surface area contributed by atoms with Crippen LogP contribution in [0.5, 0.6) is 0 Å². The fourth-order valence-corrected chi connectivity index (χ4v) is 5.92. The lowest BCUT2D eigenvalue weighted by Crippen LogP contribution is -2.50. The molecular weight excluding hydrogens is 455 g/mol. The summed E-state index contributed by atoms with van der Waals surface area (Å²) < 4.78 is 0. The van der Waals surface area contributed by atoms with Crippen LogP contribution in [-0.2, 0) is 20.7 Å². The molecule has 2 unspecified atom stereocenters. The van der Waals surface area contributed by atoms with E-state index in [4.69, 9.17) is 23.2 Å². The molecule has 0 aromatic heterocycles. The number of rotatable bonds is 4. The zero-order chi connectivity index (χ0) is 24.1. The van der Waals surface area contributed by atoms with Crippen LogP contribution in [0.4, 0.5) is 0 Å². The Morgan fingerprint density at radius 2 is 1.27 bits per heavy atom. The van der Waals surface area contributed by atoms with Gasteiger partial charge in [0.25, 0.3) is 0 Å². The summed E-state index contributed by atoms with van der Waals surface area (Å²) in [5.41, 5.74) is 0.799. The van der Waals surface area contributed by atoms with E-state index in [1.165, 1.54) is 0 Å². The highest BCUT2D eigenvalue weighted by molar-refractivity contribution is 6.32. The van der Waals surface area contributed by atoms with E-state index >= 15 is 0 Å². The maximum atomic E-state index is 12.4. The normalized spacial score (nSPS) is 25.5. The highest BCUT2D eigenvalue weighted by atomic mass is 35.5. The van der Waals surface area contributed by atoms with Gasteiger partial charge >= 0.3 is 0 Å². The number of carbonyl (C=O) groups is 2. The Hall–Kier alpha value is -1.72. The number of Topliss-reactive ketones (excluding diaryl/α,β-unsaturated/α-hetero) is 2. The van der Waals surface area contributed by atoms with Gasteiger partial charge in [-0.1, -0.05) is 72.4 Å². The first-order chi connectivity index (χ1) is 15.8. The van der Waals surface area contributed by atoms with E-state index < -0.39 is 11.1 Å². The van der Waals surface area contributed by atoms with Crippen molar-refractivity contribution in [2.24, 2.45) is 0 Å². The smallest absolute Gasteiger partial charge is 0.157 e. The minimum Gasteiger partial charge on any atom is -0.304 e. The molecule has 2 aliphatic rings. The van der Waals surface area contributed by atoms with Crippen molar-refractivity contribution in [3.05, 3.63) is 69.7 Å². The zero-order valence-electron chi connectivity index (χ0n) is 19.8. The second kappa shape index (κ2) is 11.1. The molecule has 0 amide bonds. The number of hydrogen-bond donors (Lipinski definition) is 1. The molecule has 0 aliphatic heterocycles. The molecule has 0 spiro atoms. The van der Waals surface area contributed by atoms with Gasteiger partial charge in [0.15, 0.2) is 11.6 Å². The van der Waals surface area contributed by atoms with Crippen molar-refractivity contribution < 1.29 is 9.59 Å². The van der Waals surface area contributed by atoms with E-state index in [0.29, 0.717) is 28.7 Å². The number of halogens is 2.